The van der Waals surface area contributed by atoms with Crippen molar-refractivity contribution in [2.24, 2.45) is 21.5 Å². The van der Waals surface area contributed by atoms with E-state index in [4.69, 9.17) is 11.5 Å². The monoisotopic (exact) mass is 475 g/mol. The summed E-state index contributed by atoms with van der Waals surface area (Å²) < 4.78 is 15.0. The second kappa shape index (κ2) is 6.56. The Hall–Kier alpha value is -1.68. The third kappa shape index (κ3) is 3.01. The lowest BCUT2D eigenvalue weighted by Gasteiger charge is -2.46. The van der Waals surface area contributed by atoms with E-state index in [1.54, 1.807) is 0 Å². The molecule has 1 saturated carbocycles. The lowest BCUT2D eigenvalue weighted by atomic mass is 9.87. The minimum atomic E-state index is -1.41. The zero-order valence-electron chi connectivity index (χ0n) is 13.1. The lowest BCUT2D eigenvalue weighted by molar-refractivity contribution is 0.0692. The first-order valence-corrected chi connectivity index (χ1v) is 9.26. The predicted octanol–water partition coefficient (Wildman–Crippen LogP) is 3.16. The van der Waals surface area contributed by atoms with Crippen molar-refractivity contribution in [3.05, 3.63) is 26.4 Å². The van der Waals surface area contributed by atoms with Gasteiger partial charge in [-0.3, -0.25) is 4.90 Å². The number of carbonyl (C=O) groups is 1. The van der Waals surface area contributed by atoms with Gasteiger partial charge in [-0.05, 0) is 63.6 Å². The summed E-state index contributed by atoms with van der Waals surface area (Å²) in [5.41, 5.74) is 10.6. The maximum absolute atomic E-state index is 14.6. The summed E-state index contributed by atoms with van der Waals surface area (Å²) in [5, 5.41) is 9.60. The fourth-order valence-electron chi connectivity index (χ4n) is 3.44. The van der Waals surface area contributed by atoms with Gasteiger partial charge < -0.3 is 16.6 Å². The van der Waals surface area contributed by atoms with Crippen LogP contribution in [0.1, 0.15) is 42.5 Å². The number of aromatic carboxylic acids is 1. The Bertz CT molecular complexity index is 806. The van der Waals surface area contributed by atoms with E-state index in [2.05, 4.69) is 41.8 Å². The minimum absolute atomic E-state index is 0.000627. The molecule has 0 unspecified atom stereocenters. The quantitative estimate of drug-likeness (QED) is 0.566. The molecule has 2 aliphatic rings. The molecule has 10 heteroatoms. The van der Waals surface area contributed by atoms with Crippen LogP contribution in [0.25, 0.3) is 0 Å². The Morgan fingerprint density at radius 1 is 1.24 bits per heavy atom. The molecular weight excluding hydrogens is 461 g/mol. The largest absolute Gasteiger partial charge is 0.478 e. The zero-order valence-corrected chi connectivity index (χ0v) is 16.3. The summed E-state index contributed by atoms with van der Waals surface area (Å²) in [6.45, 7) is 0. The van der Waals surface area contributed by atoms with Crippen LogP contribution in [-0.4, -0.2) is 28.7 Å². The van der Waals surface area contributed by atoms with Crippen molar-refractivity contribution in [2.75, 3.05) is 4.90 Å². The van der Waals surface area contributed by atoms with Crippen molar-refractivity contribution in [2.45, 2.75) is 37.8 Å². The van der Waals surface area contributed by atoms with Crippen LogP contribution in [-0.2, 0) is 0 Å². The normalized spacial score (nSPS) is 19.6. The first-order chi connectivity index (χ1) is 11.8. The number of carboxylic acids is 1. The van der Waals surface area contributed by atoms with Gasteiger partial charge in [-0.25, -0.2) is 14.2 Å². The highest BCUT2D eigenvalue weighted by atomic mass is 79.9. The van der Waals surface area contributed by atoms with Crippen LogP contribution >= 0.6 is 31.9 Å². The molecule has 0 saturated heterocycles. The number of hydrogen-bond donors (Lipinski definition) is 3. The molecule has 1 spiro atoms. The number of hydrogen-bond acceptors (Lipinski definition) is 6. The first-order valence-electron chi connectivity index (χ1n) is 7.67. The average molecular weight is 477 g/mol. The van der Waals surface area contributed by atoms with E-state index < -0.39 is 23.0 Å². The fourth-order valence-corrected chi connectivity index (χ4v) is 4.78. The highest BCUT2D eigenvalue weighted by Gasteiger charge is 2.45. The van der Waals surface area contributed by atoms with E-state index in [0.717, 1.165) is 19.3 Å². The Morgan fingerprint density at radius 3 is 2.48 bits per heavy atom. The average Bonchev–Trinajstić information content (AvgIpc) is 2.51. The van der Waals surface area contributed by atoms with E-state index in [0.29, 0.717) is 17.3 Å². The van der Waals surface area contributed by atoms with Crippen molar-refractivity contribution in [1.82, 2.24) is 0 Å². The van der Waals surface area contributed by atoms with Gasteiger partial charge in [0.25, 0.3) is 0 Å². The van der Waals surface area contributed by atoms with E-state index in [1.165, 1.54) is 11.0 Å². The van der Waals surface area contributed by atoms with Gasteiger partial charge in [-0.1, -0.05) is 6.42 Å². The van der Waals surface area contributed by atoms with Gasteiger partial charge in [0, 0.05) is 4.47 Å². The van der Waals surface area contributed by atoms with Crippen LogP contribution in [0.3, 0.4) is 0 Å². The molecule has 0 radical (unpaired) electrons. The number of nitrogens with zero attached hydrogens (tertiary/aromatic N) is 3. The molecule has 1 aromatic carbocycles. The Kier molecular flexibility index (Phi) is 4.76. The summed E-state index contributed by atoms with van der Waals surface area (Å²) in [5.74, 6) is -2.25. The van der Waals surface area contributed by atoms with Crippen molar-refractivity contribution in [1.29, 1.82) is 0 Å². The SMILES string of the molecule is NC1=NC2(CCCCC2)N(c2c(Br)cc(Br)c(F)c2C(=O)O)C(N)=N1. The van der Waals surface area contributed by atoms with Crippen LogP contribution in [0.4, 0.5) is 10.1 Å². The summed E-state index contributed by atoms with van der Waals surface area (Å²) in [4.78, 5) is 21.8. The molecule has 5 N–H and O–H groups in total. The molecule has 0 amide bonds. The highest BCUT2D eigenvalue weighted by Crippen LogP contribution is 2.45. The Morgan fingerprint density at radius 2 is 1.88 bits per heavy atom. The molecule has 3 rings (SSSR count). The maximum atomic E-state index is 14.6. The van der Waals surface area contributed by atoms with Gasteiger partial charge in [0.1, 0.15) is 11.2 Å². The zero-order chi connectivity index (χ0) is 18.4. The Balaban J connectivity index is 2.28. The van der Waals surface area contributed by atoms with Gasteiger partial charge in [0.05, 0.1) is 10.2 Å². The summed E-state index contributed by atoms with van der Waals surface area (Å²) >= 11 is 6.38. The van der Waals surface area contributed by atoms with Crippen molar-refractivity contribution >= 4 is 55.4 Å². The molecule has 134 valence electrons. The van der Waals surface area contributed by atoms with Gasteiger partial charge in [0.15, 0.2) is 5.82 Å². The topological polar surface area (TPSA) is 117 Å². The number of carboxylic acid groups (broad SMARTS) is 1. The fraction of sp³-hybridized carbons (Fsp3) is 0.400. The van der Waals surface area contributed by atoms with Crippen LogP contribution in [0.2, 0.25) is 0 Å². The maximum Gasteiger partial charge on any atom is 0.340 e. The lowest BCUT2D eigenvalue weighted by Crippen LogP contribution is -2.58. The smallest absolute Gasteiger partial charge is 0.340 e. The van der Waals surface area contributed by atoms with Crippen LogP contribution in [0.5, 0.6) is 0 Å². The highest BCUT2D eigenvalue weighted by molar-refractivity contribution is 9.11. The molecule has 1 aliphatic carbocycles. The minimum Gasteiger partial charge on any atom is -0.478 e. The molecular formula is C15H16Br2FN5O2. The summed E-state index contributed by atoms with van der Waals surface area (Å²) in [6.07, 6.45) is 4.02. The van der Waals surface area contributed by atoms with Gasteiger partial charge in [0.2, 0.25) is 11.9 Å². The third-order valence-electron chi connectivity index (χ3n) is 4.43. The number of nitrogens with two attached hydrogens (primary N) is 2. The second-order valence-corrected chi connectivity index (χ2v) is 7.71. The molecule has 0 aromatic heterocycles. The number of guanidine groups is 2. The first kappa shape index (κ1) is 18.1. The van der Waals surface area contributed by atoms with Gasteiger partial charge in [-0.15, -0.1) is 0 Å². The summed E-state index contributed by atoms with van der Waals surface area (Å²) in [7, 11) is 0. The van der Waals surface area contributed by atoms with Crippen molar-refractivity contribution in [3.8, 4) is 0 Å². The van der Waals surface area contributed by atoms with Gasteiger partial charge in [-0.2, -0.15) is 4.99 Å². The van der Waals surface area contributed by atoms with E-state index in [1.807, 2.05) is 0 Å². The van der Waals surface area contributed by atoms with Crippen LogP contribution < -0.4 is 16.4 Å². The molecule has 7 nitrogen and oxygen atoms in total. The van der Waals surface area contributed by atoms with Crippen molar-refractivity contribution < 1.29 is 14.3 Å². The molecule has 0 atom stereocenters. The molecule has 1 aliphatic heterocycles. The standard InChI is InChI=1S/C15H16Br2FN5O2/c16-7-6-8(17)11(9(10(7)18)12(24)25)23-14(20)21-13(19)22-15(23)4-2-1-3-5-15/h6H,1-5H2,(H,24,25)(H4,19,20,21,22). The Labute approximate surface area is 160 Å². The van der Waals surface area contributed by atoms with Crippen LogP contribution in [0, 0.1) is 5.82 Å². The predicted molar refractivity (Wildman–Crippen MR) is 100 cm³/mol. The second-order valence-electron chi connectivity index (χ2n) is 6.00. The molecule has 1 heterocycles. The molecule has 25 heavy (non-hydrogen) atoms. The molecule has 0 bridgehead atoms. The molecule has 1 aromatic rings. The van der Waals surface area contributed by atoms with E-state index in [9.17, 15) is 14.3 Å². The number of rotatable bonds is 2. The van der Waals surface area contributed by atoms with Crippen LogP contribution in [0.15, 0.2) is 25.0 Å². The number of aliphatic imine (C=N–C) groups is 2. The number of benzene rings is 1. The van der Waals surface area contributed by atoms with E-state index in [-0.39, 0.29) is 22.1 Å². The third-order valence-corrected chi connectivity index (χ3v) is 5.62. The number of halogens is 3. The molecule has 1 fully saturated rings. The van der Waals surface area contributed by atoms with Crippen molar-refractivity contribution in [3.63, 3.8) is 0 Å². The summed E-state index contributed by atoms with van der Waals surface area (Å²) in [6, 6.07) is 1.45. The van der Waals surface area contributed by atoms with Gasteiger partial charge >= 0.3 is 5.97 Å². The number of anilines is 1. The van der Waals surface area contributed by atoms with E-state index >= 15 is 0 Å².